The number of benzene rings is 1. The zero-order valence-electron chi connectivity index (χ0n) is 10.9. The van der Waals surface area contributed by atoms with E-state index in [9.17, 15) is 0 Å². The molecule has 1 aromatic carbocycles. The second kappa shape index (κ2) is 5.72. The summed E-state index contributed by atoms with van der Waals surface area (Å²) in [4.78, 5) is 4.02. The van der Waals surface area contributed by atoms with Crippen molar-refractivity contribution in [2.45, 2.75) is 0 Å². The Labute approximate surface area is 126 Å². The van der Waals surface area contributed by atoms with Crippen molar-refractivity contribution in [1.29, 1.82) is 0 Å². The van der Waals surface area contributed by atoms with Gasteiger partial charge in [0.2, 0.25) is 0 Å². The lowest BCUT2D eigenvalue weighted by atomic mass is 10.1. The number of hydrogen-bond donors (Lipinski definition) is 2. The van der Waals surface area contributed by atoms with E-state index in [1.165, 1.54) is 0 Å². The van der Waals surface area contributed by atoms with Crippen molar-refractivity contribution in [2.75, 3.05) is 5.43 Å². The van der Waals surface area contributed by atoms with Crippen LogP contribution in [0, 0.1) is 0 Å². The smallest absolute Gasteiger partial charge is 0.176 e. The molecular weight excluding hydrogens is 288 g/mol. The highest BCUT2D eigenvalue weighted by Crippen LogP contribution is 2.12. The molecule has 6 nitrogen and oxygen atoms in total. The number of hydrogen-bond acceptors (Lipinski definition) is 6. The molecule has 0 spiro atoms. The van der Waals surface area contributed by atoms with Gasteiger partial charge in [0.25, 0.3) is 0 Å². The van der Waals surface area contributed by atoms with Crippen LogP contribution in [0.5, 0.6) is 0 Å². The molecule has 0 fully saturated rings. The van der Waals surface area contributed by atoms with Crippen molar-refractivity contribution in [3.05, 3.63) is 59.4 Å². The average molecular weight is 299 g/mol. The number of nitrogens with zero attached hydrogens (tertiary/aromatic N) is 4. The van der Waals surface area contributed by atoms with E-state index < -0.39 is 0 Å². The molecule has 104 valence electrons. The summed E-state index contributed by atoms with van der Waals surface area (Å²) in [7, 11) is 0. The summed E-state index contributed by atoms with van der Waals surface area (Å²) >= 11 is 5.78. The number of para-hydroxylation sites is 1. The maximum absolute atomic E-state index is 5.82. The highest BCUT2D eigenvalue weighted by molar-refractivity contribution is 6.72. The Morgan fingerprint density at radius 2 is 1.86 bits per heavy atom. The van der Waals surface area contributed by atoms with Crippen molar-refractivity contribution in [3.8, 4) is 0 Å². The molecule has 3 rings (SSSR count). The third kappa shape index (κ3) is 2.90. The molecule has 0 unspecified atom stereocenters. The maximum Gasteiger partial charge on any atom is 0.176 e. The Morgan fingerprint density at radius 3 is 2.57 bits per heavy atom. The third-order valence-electron chi connectivity index (χ3n) is 2.80. The fourth-order valence-electron chi connectivity index (χ4n) is 1.77. The lowest BCUT2D eigenvalue weighted by molar-refractivity contribution is 1.25. The van der Waals surface area contributed by atoms with E-state index in [4.69, 9.17) is 17.3 Å². The molecule has 1 aliphatic heterocycles. The highest BCUT2D eigenvalue weighted by Gasteiger charge is 2.21. The zero-order valence-corrected chi connectivity index (χ0v) is 11.6. The number of anilines is 1. The Morgan fingerprint density at radius 1 is 1.05 bits per heavy atom. The minimum absolute atomic E-state index is 0.253. The van der Waals surface area contributed by atoms with Crippen LogP contribution in [0.2, 0.25) is 5.15 Å². The van der Waals surface area contributed by atoms with Crippen molar-refractivity contribution >= 4 is 34.5 Å². The molecule has 0 atom stereocenters. The summed E-state index contributed by atoms with van der Waals surface area (Å²) in [6.07, 6.45) is 1.60. The molecule has 3 N–H and O–H groups in total. The first-order chi connectivity index (χ1) is 10.2. The SMILES string of the molecule is NC1=NN=C(c2ccc(Cl)nc2)/C1=N\Nc1ccccc1. The van der Waals surface area contributed by atoms with Crippen molar-refractivity contribution in [1.82, 2.24) is 4.98 Å². The van der Waals surface area contributed by atoms with Crippen molar-refractivity contribution < 1.29 is 0 Å². The number of amidine groups is 1. The van der Waals surface area contributed by atoms with Gasteiger partial charge in [-0.3, -0.25) is 5.43 Å². The molecule has 2 aromatic rings. The summed E-state index contributed by atoms with van der Waals surface area (Å²) in [6, 6.07) is 13.0. The molecular formula is C14H11ClN6. The first-order valence-corrected chi connectivity index (χ1v) is 6.54. The second-order valence-electron chi connectivity index (χ2n) is 4.24. The fraction of sp³-hybridized carbons (Fsp3) is 0. The van der Waals surface area contributed by atoms with E-state index in [2.05, 4.69) is 25.7 Å². The molecule has 7 heteroatoms. The third-order valence-corrected chi connectivity index (χ3v) is 3.02. The van der Waals surface area contributed by atoms with Crippen LogP contribution in [0.3, 0.4) is 0 Å². The Hall–Kier alpha value is -2.73. The quantitative estimate of drug-likeness (QED) is 0.673. The monoisotopic (exact) mass is 298 g/mol. The van der Waals surface area contributed by atoms with E-state index in [1.807, 2.05) is 30.3 Å². The fourth-order valence-corrected chi connectivity index (χ4v) is 1.89. The van der Waals surface area contributed by atoms with E-state index >= 15 is 0 Å². The first-order valence-electron chi connectivity index (χ1n) is 6.16. The van der Waals surface area contributed by atoms with Crippen molar-refractivity contribution in [3.63, 3.8) is 0 Å². The van der Waals surface area contributed by atoms with Gasteiger partial charge in [-0.1, -0.05) is 29.8 Å². The standard InChI is InChI=1S/C14H11ClN6/c15-11-7-6-9(8-17-11)12-13(14(16)21-19-12)20-18-10-4-2-1-3-5-10/h1-8,18H,(H2,16,20,21). The second-order valence-corrected chi connectivity index (χ2v) is 4.63. The topological polar surface area (TPSA) is 88.0 Å². The van der Waals surface area contributed by atoms with Gasteiger partial charge in [-0.15, -0.1) is 10.2 Å². The lowest BCUT2D eigenvalue weighted by Gasteiger charge is -2.04. The first kappa shape index (κ1) is 13.3. The van der Waals surface area contributed by atoms with Crippen molar-refractivity contribution in [2.24, 2.45) is 21.0 Å². The van der Waals surface area contributed by atoms with E-state index in [-0.39, 0.29) is 5.84 Å². The predicted octanol–water partition coefficient (Wildman–Crippen LogP) is 2.28. The number of halogens is 1. The minimum atomic E-state index is 0.253. The highest BCUT2D eigenvalue weighted by atomic mass is 35.5. The molecule has 1 aliphatic rings. The molecule has 0 radical (unpaired) electrons. The minimum Gasteiger partial charge on any atom is -0.380 e. The molecule has 0 saturated heterocycles. The van der Waals surface area contributed by atoms with Gasteiger partial charge < -0.3 is 5.73 Å². The number of aromatic nitrogens is 1. The van der Waals surface area contributed by atoms with Crippen LogP contribution >= 0.6 is 11.6 Å². The summed E-state index contributed by atoms with van der Waals surface area (Å²) in [5, 5.41) is 12.6. The molecule has 0 bridgehead atoms. The predicted molar refractivity (Wildman–Crippen MR) is 84.9 cm³/mol. The van der Waals surface area contributed by atoms with Crippen LogP contribution < -0.4 is 11.2 Å². The number of pyridine rings is 1. The van der Waals surface area contributed by atoms with Crippen LogP contribution in [0.4, 0.5) is 5.69 Å². The van der Waals surface area contributed by atoms with Gasteiger partial charge in [-0.25, -0.2) is 4.98 Å². The lowest BCUT2D eigenvalue weighted by Crippen LogP contribution is -2.28. The number of nitrogens with two attached hydrogens (primary N) is 1. The summed E-state index contributed by atoms with van der Waals surface area (Å²) < 4.78 is 0. The average Bonchev–Trinajstić information content (AvgIpc) is 2.88. The van der Waals surface area contributed by atoms with Gasteiger partial charge in [-0.05, 0) is 24.3 Å². The Balaban J connectivity index is 1.87. The molecule has 21 heavy (non-hydrogen) atoms. The Bertz CT molecular complexity index is 734. The van der Waals surface area contributed by atoms with Gasteiger partial charge in [0.1, 0.15) is 10.9 Å². The van der Waals surface area contributed by atoms with Gasteiger partial charge in [0.15, 0.2) is 11.5 Å². The zero-order chi connectivity index (χ0) is 14.7. The van der Waals surface area contributed by atoms with Crippen LogP contribution in [0.15, 0.2) is 64.0 Å². The van der Waals surface area contributed by atoms with Crippen LogP contribution in [-0.4, -0.2) is 22.2 Å². The number of rotatable bonds is 3. The molecule has 2 heterocycles. The normalized spacial score (nSPS) is 15.8. The molecule has 0 aliphatic carbocycles. The number of nitrogens with one attached hydrogen (secondary N) is 1. The maximum atomic E-state index is 5.82. The number of hydrazone groups is 1. The summed E-state index contributed by atoms with van der Waals surface area (Å²) in [6.45, 7) is 0. The van der Waals surface area contributed by atoms with Crippen LogP contribution in [-0.2, 0) is 0 Å². The van der Waals surface area contributed by atoms with Crippen LogP contribution in [0.25, 0.3) is 0 Å². The van der Waals surface area contributed by atoms with Gasteiger partial charge in [0, 0.05) is 11.8 Å². The largest absolute Gasteiger partial charge is 0.380 e. The van der Waals surface area contributed by atoms with Gasteiger partial charge in [0.05, 0.1) is 5.69 Å². The van der Waals surface area contributed by atoms with E-state index in [1.54, 1.807) is 18.3 Å². The van der Waals surface area contributed by atoms with E-state index in [0.29, 0.717) is 16.6 Å². The van der Waals surface area contributed by atoms with E-state index in [0.717, 1.165) is 11.3 Å². The van der Waals surface area contributed by atoms with Gasteiger partial charge >= 0.3 is 0 Å². The summed E-state index contributed by atoms with van der Waals surface area (Å²) in [5.41, 5.74) is 11.4. The van der Waals surface area contributed by atoms with Gasteiger partial charge in [-0.2, -0.15) is 5.10 Å². The van der Waals surface area contributed by atoms with Crippen LogP contribution in [0.1, 0.15) is 5.56 Å². The summed E-state index contributed by atoms with van der Waals surface area (Å²) in [5.74, 6) is 0.253. The Kier molecular flexibility index (Phi) is 3.61. The molecule has 1 aromatic heterocycles. The molecule has 0 amide bonds. The molecule has 0 saturated carbocycles.